The first-order chi connectivity index (χ1) is 10.8. The van der Waals surface area contributed by atoms with Gasteiger partial charge in [0.25, 0.3) is 0 Å². The van der Waals surface area contributed by atoms with E-state index >= 15 is 0 Å². The third kappa shape index (κ3) is 5.69. The summed E-state index contributed by atoms with van der Waals surface area (Å²) in [6, 6.07) is 7.90. The van der Waals surface area contributed by atoms with Crippen molar-refractivity contribution < 1.29 is 14.9 Å². The lowest BCUT2D eigenvalue weighted by atomic mass is 9.71. The van der Waals surface area contributed by atoms with E-state index in [0.29, 0.717) is 5.92 Å². The van der Waals surface area contributed by atoms with E-state index in [2.05, 4.69) is 19.0 Å². The van der Waals surface area contributed by atoms with Crippen LogP contribution in [0.4, 0.5) is 0 Å². The molecule has 0 spiro atoms. The zero-order chi connectivity index (χ0) is 17.5. The Morgan fingerprint density at radius 2 is 2.04 bits per heavy atom. The van der Waals surface area contributed by atoms with Gasteiger partial charge >= 0.3 is 0 Å². The average Bonchev–Trinajstić information content (AvgIpc) is 2.49. The number of ether oxygens (including phenoxy) is 1. The van der Waals surface area contributed by atoms with Gasteiger partial charge < -0.3 is 30.1 Å². The Morgan fingerprint density at radius 1 is 1.39 bits per heavy atom. The fourth-order valence-electron chi connectivity index (χ4n) is 3.18. The van der Waals surface area contributed by atoms with Gasteiger partial charge in [-0.15, -0.1) is 0 Å². The predicted molar refractivity (Wildman–Crippen MR) is 87.8 cm³/mol. The maximum atomic E-state index is 11.2. The van der Waals surface area contributed by atoms with Crippen LogP contribution in [0.15, 0.2) is 24.3 Å². The lowest BCUT2D eigenvalue weighted by molar-refractivity contribution is -0.402. The largest absolute Gasteiger partial charge is 0.497 e. The minimum Gasteiger partial charge on any atom is -0.497 e. The van der Waals surface area contributed by atoms with E-state index in [4.69, 9.17) is 20.1 Å². The lowest BCUT2D eigenvalue weighted by Gasteiger charge is -2.41. The molecule has 7 heteroatoms. The zero-order valence-corrected chi connectivity index (χ0v) is 13.9. The first-order valence-electron chi connectivity index (χ1n) is 7.62. The fourth-order valence-corrected chi connectivity index (χ4v) is 3.18. The molecule has 2 rings (SSSR count). The number of rotatable bonds is 4. The average molecular weight is 325 g/mol. The van der Waals surface area contributed by atoms with Crippen LogP contribution < -0.4 is 4.74 Å². The van der Waals surface area contributed by atoms with Gasteiger partial charge in [0.1, 0.15) is 5.75 Å². The SMILES string of the molecule is COc1cccc([C@@]2(O)CCCC[C@@H]2CN(C)C)c1.O=[N+]([O-])[O-]. The van der Waals surface area contributed by atoms with Crippen molar-refractivity contribution in [2.75, 3.05) is 27.7 Å². The quantitative estimate of drug-likeness (QED) is 0.674. The molecule has 1 saturated carbocycles. The third-order valence-electron chi connectivity index (χ3n) is 4.19. The molecule has 1 N–H and O–H groups in total. The third-order valence-corrected chi connectivity index (χ3v) is 4.19. The first-order valence-corrected chi connectivity index (χ1v) is 7.62. The summed E-state index contributed by atoms with van der Waals surface area (Å²) >= 11 is 0. The second-order valence-corrected chi connectivity index (χ2v) is 6.08. The maximum Gasteiger partial charge on any atom is 0.119 e. The number of hydrogen-bond donors (Lipinski definition) is 1. The van der Waals surface area contributed by atoms with E-state index in [-0.39, 0.29) is 0 Å². The van der Waals surface area contributed by atoms with Crippen LogP contribution in [0.1, 0.15) is 31.2 Å². The molecule has 0 heterocycles. The highest BCUT2D eigenvalue weighted by Crippen LogP contribution is 2.42. The van der Waals surface area contributed by atoms with Crippen molar-refractivity contribution in [3.63, 3.8) is 0 Å². The Hall–Kier alpha value is -1.86. The smallest absolute Gasteiger partial charge is 0.119 e. The van der Waals surface area contributed by atoms with Gasteiger partial charge in [-0.1, -0.05) is 25.0 Å². The topological polar surface area (TPSA) is 98.9 Å². The lowest BCUT2D eigenvalue weighted by Crippen LogP contribution is -2.43. The van der Waals surface area contributed by atoms with Crippen LogP contribution in [0, 0.1) is 21.2 Å². The van der Waals surface area contributed by atoms with E-state index in [1.54, 1.807) is 7.11 Å². The van der Waals surface area contributed by atoms with Crippen molar-refractivity contribution in [2.24, 2.45) is 5.92 Å². The number of methoxy groups -OCH3 is 1. The molecule has 0 amide bonds. The molecule has 0 saturated heterocycles. The summed E-state index contributed by atoms with van der Waals surface area (Å²) < 4.78 is 5.29. The molecule has 0 unspecified atom stereocenters. The number of hydrogen-bond acceptors (Lipinski definition) is 6. The van der Waals surface area contributed by atoms with E-state index in [0.717, 1.165) is 37.1 Å². The molecule has 7 nitrogen and oxygen atoms in total. The van der Waals surface area contributed by atoms with Gasteiger partial charge in [0.2, 0.25) is 0 Å². The van der Waals surface area contributed by atoms with Crippen molar-refractivity contribution in [1.29, 1.82) is 0 Å². The molecule has 130 valence electrons. The van der Waals surface area contributed by atoms with Crippen molar-refractivity contribution in [2.45, 2.75) is 31.3 Å². The van der Waals surface area contributed by atoms with Crippen LogP contribution in [0.5, 0.6) is 5.75 Å². The first kappa shape index (κ1) is 19.2. The van der Waals surface area contributed by atoms with Gasteiger partial charge in [0.05, 0.1) is 17.8 Å². The fraction of sp³-hybridized carbons (Fsp3) is 0.625. The van der Waals surface area contributed by atoms with Crippen LogP contribution in [-0.2, 0) is 5.60 Å². The summed E-state index contributed by atoms with van der Waals surface area (Å²) in [6.45, 7) is 0.924. The van der Waals surface area contributed by atoms with Crippen molar-refractivity contribution >= 4 is 0 Å². The van der Waals surface area contributed by atoms with Crippen LogP contribution in [-0.4, -0.2) is 42.8 Å². The van der Waals surface area contributed by atoms with Crippen LogP contribution in [0.3, 0.4) is 0 Å². The maximum absolute atomic E-state index is 11.2. The molecule has 0 aromatic heterocycles. The van der Waals surface area contributed by atoms with Crippen molar-refractivity contribution in [3.05, 3.63) is 45.2 Å². The van der Waals surface area contributed by atoms with Gasteiger partial charge in [-0.05, 0) is 44.6 Å². The number of nitrogens with zero attached hydrogens (tertiary/aromatic N) is 2. The standard InChI is InChI=1S/C16H25NO2.NO3/c1-17(2)12-14-7-4-5-10-16(14,18)13-8-6-9-15(11-13)19-3;2-1(3)4/h6,8-9,11,14,18H,4-5,7,10,12H2,1-3H3;/q;-1/t14-,16+;/m1./s1. The Kier molecular flexibility index (Phi) is 7.25. The summed E-state index contributed by atoms with van der Waals surface area (Å²) in [7, 11) is 5.81. The van der Waals surface area contributed by atoms with Crippen LogP contribution in [0.2, 0.25) is 0 Å². The highest BCUT2D eigenvalue weighted by atomic mass is 16.9. The number of benzene rings is 1. The molecule has 0 radical (unpaired) electrons. The van der Waals surface area contributed by atoms with Crippen molar-refractivity contribution in [3.8, 4) is 5.75 Å². The van der Waals surface area contributed by atoms with Gasteiger partial charge in [0.15, 0.2) is 0 Å². The minimum atomic E-state index is -1.75. The Balaban J connectivity index is 0.000000593. The van der Waals surface area contributed by atoms with Crippen LogP contribution >= 0.6 is 0 Å². The van der Waals surface area contributed by atoms with E-state index in [9.17, 15) is 5.11 Å². The summed E-state index contributed by atoms with van der Waals surface area (Å²) in [6.07, 6.45) is 4.24. The monoisotopic (exact) mass is 325 g/mol. The second kappa shape index (κ2) is 8.69. The van der Waals surface area contributed by atoms with Gasteiger partial charge in [-0.25, -0.2) is 0 Å². The molecule has 1 aliphatic carbocycles. The molecular formula is C16H25N2O5-. The van der Waals surface area contributed by atoms with Gasteiger partial charge in [0, 0.05) is 12.5 Å². The number of aliphatic hydroxyl groups is 1. The molecule has 1 aliphatic rings. The molecule has 0 aliphatic heterocycles. The molecular weight excluding hydrogens is 300 g/mol. The summed E-state index contributed by atoms with van der Waals surface area (Å²) in [5.74, 6) is 1.11. The highest BCUT2D eigenvalue weighted by Gasteiger charge is 2.40. The van der Waals surface area contributed by atoms with Crippen LogP contribution in [0.25, 0.3) is 0 Å². The van der Waals surface area contributed by atoms with Gasteiger partial charge in [-0.3, -0.25) is 0 Å². The zero-order valence-electron chi connectivity index (χ0n) is 13.9. The molecule has 1 aromatic rings. The summed E-state index contributed by atoms with van der Waals surface area (Å²) in [4.78, 5) is 10.4. The Labute approximate surface area is 136 Å². The van der Waals surface area contributed by atoms with E-state index in [1.807, 2.05) is 24.3 Å². The molecule has 1 fully saturated rings. The Morgan fingerprint density at radius 3 is 2.61 bits per heavy atom. The van der Waals surface area contributed by atoms with Gasteiger partial charge in [-0.2, -0.15) is 0 Å². The summed E-state index contributed by atoms with van der Waals surface area (Å²) in [5, 5.41) is 25.9. The highest BCUT2D eigenvalue weighted by molar-refractivity contribution is 5.33. The molecule has 0 bridgehead atoms. The normalized spacial score (nSPS) is 23.8. The van der Waals surface area contributed by atoms with E-state index < -0.39 is 10.7 Å². The van der Waals surface area contributed by atoms with E-state index in [1.165, 1.54) is 6.42 Å². The second-order valence-electron chi connectivity index (χ2n) is 6.08. The predicted octanol–water partition coefficient (Wildman–Crippen LogP) is 2.40. The van der Waals surface area contributed by atoms with Crippen molar-refractivity contribution in [1.82, 2.24) is 4.90 Å². The molecule has 1 aromatic carbocycles. The summed E-state index contributed by atoms with van der Waals surface area (Å²) in [5.41, 5.74) is 0.287. The molecule has 23 heavy (non-hydrogen) atoms. The minimum absolute atomic E-state index is 0.295. The molecule has 2 atom stereocenters. The Bertz CT molecular complexity index is 505.